The number of aliphatic hydroxyl groups is 2. The highest BCUT2D eigenvalue weighted by molar-refractivity contribution is 5.99. The van der Waals surface area contributed by atoms with Crippen LogP contribution in [-0.4, -0.2) is 39.5 Å². The van der Waals surface area contributed by atoms with Crippen LogP contribution in [0.3, 0.4) is 0 Å². The summed E-state index contributed by atoms with van der Waals surface area (Å²) in [6.07, 6.45) is 0.622. The molecular weight excluding hydrogens is 318 g/mol. The van der Waals surface area contributed by atoms with Crippen molar-refractivity contribution in [1.29, 1.82) is 0 Å². The van der Waals surface area contributed by atoms with Gasteiger partial charge in [0.25, 0.3) is 0 Å². The SMILES string of the molecule is CCc1c(CO)c(CO)c2c3ccccc3c(C3CNCCO3)nn12. The number of ether oxygens (including phenoxy) is 1. The highest BCUT2D eigenvalue weighted by Crippen LogP contribution is 2.34. The molecule has 0 amide bonds. The lowest BCUT2D eigenvalue weighted by atomic mass is 10.0. The van der Waals surface area contributed by atoms with E-state index in [0.717, 1.165) is 58.3 Å². The summed E-state index contributed by atoms with van der Waals surface area (Å²) in [5.74, 6) is 0. The first-order valence-electron chi connectivity index (χ1n) is 8.78. The van der Waals surface area contributed by atoms with E-state index >= 15 is 0 Å². The Hall–Kier alpha value is -1.99. The number of hydrogen-bond acceptors (Lipinski definition) is 5. The Morgan fingerprint density at radius 2 is 1.96 bits per heavy atom. The summed E-state index contributed by atoms with van der Waals surface area (Å²) in [5, 5.41) is 30.1. The van der Waals surface area contributed by atoms with Crippen molar-refractivity contribution in [3.8, 4) is 0 Å². The molecule has 1 unspecified atom stereocenters. The van der Waals surface area contributed by atoms with Gasteiger partial charge in [0.15, 0.2) is 0 Å². The van der Waals surface area contributed by atoms with Gasteiger partial charge < -0.3 is 20.3 Å². The summed E-state index contributed by atoms with van der Waals surface area (Å²) in [6.45, 7) is 4.06. The third kappa shape index (κ3) is 2.53. The summed E-state index contributed by atoms with van der Waals surface area (Å²) in [7, 11) is 0. The number of aliphatic hydroxyl groups excluding tert-OH is 2. The van der Waals surface area contributed by atoms with Crippen LogP contribution in [0.2, 0.25) is 0 Å². The van der Waals surface area contributed by atoms with Gasteiger partial charge >= 0.3 is 0 Å². The molecule has 1 atom stereocenters. The Labute approximate surface area is 146 Å². The van der Waals surface area contributed by atoms with Crippen molar-refractivity contribution >= 4 is 16.3 Å². The van der Waals surface area contributed by atoms with Crippen LogP contribution in [0.1, 0.15) is 35.5 Å². The van der Waals surface area contributed by atoms with Gasteiger partial charge in [0.1, 0.15) is 6.10 Å². The van der Waals surface area contributed by atoms with Gasteiger partial charge in [-0.15, -0.1) is 0 Å². The molecule has 1 fully saturated rings. The first-order valence-corrected chi connectivity index (χ1v) is 8.78. The highest BCUT2D eigenvalue weighted by Gasteiger charge is 2.25. The summed E-state index contributed by atoms with van der Waals surface area (Å²) < 4.78 is 7.84. The van der Waals surface area contributed by atoms with Gasteiger partial charge in [-0.3, -0.25) is 0 Å². The molecule has 6 heteroatoms. The molecule has 0 spiro atoms. The highest BCUT2D eigenvalue weighted by atomic mass is 16.5. The molecule has 1 aromatic carbocycles. The molecule has 6 nitrogen and oxygen atoms in total. The van der Waals surface area contributed by atoms with Crippen LogP contribution < -0.4 is 5.32 Å². The Morgan fingerprint density at radius 1 is 1.20 bits per heavy atom. The largest absolute Gasteiger partial charge is 0.392 e. The first-order chi connectivity index (χ1) is 12.3. The fourth-order valence-electron chi connectivity index (χ4n) is 3.87. The summed E-state index contributed by atoms with van der Waals surface area (Å²) in [6, 6.07) is 8.08. The first kappa shape index (κ1) is 16.5. The van der Waals surface area contributed by atoms with Gasteiger partial charge in [-0.2, -0.15) is 5.10 Å². The van der Waals surface area contributed by atoms with Crippen LogP contribution in [-0.2, 0) is 24.4 Å². The molecule has 3 heterocycles. The molecule has 3 aromatic rings. The van der Waals surface area contributed by atoms with Crippen molar-refractivity contribution in [3.63, 3.8) is 0 Å². The van der Waals surface area contributed by atoms with E-state index in [1.165, 1.54) is 0 Å². The second-order valence-electron chi connectivity index (χ2n) is 6.33. The smallest absolute Gasteiger partial charge is 0.114 e. The van der Waals surface area contributed by atoms with E-state index < -0.39 is 0 Å². The van der Waals surface area contributed by atoms with Gasteiger partial charge in [-0.25, -0.2) is 4.52 Å². The maximum atomic E-state index is 9.95. The van der Waals surface area contributed by atoms with Gasteiger partial charge in [0.2, 0.25) is 0 Å². The van der Waals surface area contributed by atoms with Crippen LogP contribution in [0.15, 0.2) is 24.3 Å². The topological polar surface area (TPSA) is 79.0 Å². The van der Waals surface area contributed by atoms with Crippen LogP contribution in [0.5, 0.6) is 0 Å². The number of nitrogens with zero attached hydrogens (tertiary/aromatic N) is 2. The van der Waals surface area contributed by atoms with Crippen molar-refractivity contribution in [1.82, 2.24) is 14.9 Å². The number of rotatable bonds is 4. The molecule has 0 radical (unpaired) electrons. The number of nitrogens with one attached hydrogen (secondary N) is 1. The lowest BCUT2D eigenvalue weighted by Crippen LogP contribution is -2.34. The minimum Gasteiger partial charge on any atom is -0.392 e. The lowest BCUT2D eigenvalue weighted by molar-refractivity contribution is 0.0253. The quantitative estimate of drug-likeness (QED) is 0.673. The van der Waals surface area contributed by atoms with Gasteiger partial charge in [0.05, 0.1) is 31.0 Å². The molecular formula is C19H23N3O3. The number of hydrogen-bond donors (Lipinski definition) is 3. The average molecular weight is 341 g/mol. The van der Waals surface area contributed by atoms with Crippen molar-refractivity contribution in [3.05, 3.63) is 46.8 Å². The summed E-state index contributed by atoms with van der Waals surface area (Å²) >= 11 is 0. The molecule has 25 heavy (non-hydrogen) atoms. The van der Waals surface area contributed by atoms with E-state index in [4.69, 9.17) is 9.84 Å². The molecule has 132 valence electrons. The number of morpholine rings is 1. The normalized spacial score (nSPS) is 18.3. The van der Waals surface area contributed by atoms with E-state index in [0.29, 0.717) is 6.61 Å². The molecule has 2 aromatic heterocycles. The maximum absolute atomic E-state index is 9.95. The number of aromatic nitrogens is 2. The molecule has 4 rings (SSSR count). The Balaban J connectivity index is 2.09. The molecule has 0 bridgehead atoms. The average Bonchev–Trinajstić information content (AvgIpc) is 3.00. The van der Waals surface area contributed by atoms with E-state index in [9.17, 15) is 10.2 Å². The molecule has 1 saturated heterocycles. The van der Waals surface area contributed by atoms with Crippen molar-refractivity contribution in [2.24, 2.45) is 0 Å². The van der Waals surface area contributed by atoms with Crippen molar-refractivity contribution in [2.75, 3.05) is 19.7 Å². The zero-order valence-corrected chi connectivity index (χ0v) is 14.3. The summed E-state index contributed by atoms with van der Waals surface area (Å²) in [5.41, 5.74) is 4.26. The van der Waals surface area contributed by atoms with Gasteiger partial charge in [0, 0.05) is 40.7 Å². The van der Waals surface area contributed by atoms with Gasteiger partial charge in [-0.1, -0.05) is 31.2 Å². The minimum atomic E-state index is -0.119. The molecule has 3 N–H and O–H groups in total. The maximum Gasteiger partial charge on any atom is 0.114 e. The number of benzene rings is 1. The molecule has 0 saturated carbocycles. The molecule has 1 aliphatic rings. The predicted octanol–water partition coefficient (Wildman–Crippen LogP) is 1.70. The van der Waals surface area contributed by atoms with Crippen molar-refractivity contribution in [2.45, 2.75) is 32.7 Å². The monoisotopic (exact) mass is 341 g/mol. The van der Waals surface area contributed by atoms with E-state index in [-0.39, 0.29) is 19.3 Å². The predicted molar refractivity (Wildman–Crippen MR) is 95.5 cm³/mol. The zero-order valence-electron chi connectivity index (χ0n) is 14.3. The van der Waals surface area contributed by atoms with Crippen molar-refractivity contribution < 1.29 is 14.9 Å². The van der Waals surface area contributed by atoms with Crippen LogP contribution >= 0.6 is 0 Å². The fourth-order valence-corrected chi connectivity index (χ4v) is 3.87. The Bertz CT molecular complexity index is 913. The fraction of sp³-hybridized carbons (Fsp3) is 0.421. The third-order valence-electron chi connectivity index (χ3n) is 5.02. The minimum absolute atomic E-state index is 0.104. The van der Waals surface area contributed by atoms with E-state index in [1.54, 1.807) is 0 Å². The van der Waals surface area contributed by atoms with Crippen LogP contribution in [0, 0.1) is 0 Å². The number of fused-ring (bicyclic) bond motifs is 3. The van der Waals surface area contributed by atoms with Gasteiger partial charge in [-0.05, 0) is 6.42 Å². The second-order valence-corrected chi connectivity index (χ2v) is 6.33. The van der Waals surface area contributed by atoms with E-state index in [2.05, 4.69) is 5.32 Å². The zero-order chi connectivity index (χ0) is 17.4. The van der Waals surface area contributed by atoms with E-state index in [1.807, 2.05) is 35.7 Å². The van der Waals surface area contributed by atoms with Crippen LogP contribution in [0.4, 0.5) is 0 Å². The molecule has 0 aliphatic carbocycles. The Morgan fingerprint density at radius 3 is 2.60 bits per heavy atom. The Kier molecular flexibility index (Phi) is 4.43. The third-order valence-corrected chi connectivity index (χ3v) is 5.02. The summed E-state index contributed by atoms with van der Waals surface area (Å²) in [4.78, 5) is 0. The van der Waals surface area contributed by atoms with Crippen LogP contribution in [0.25, 0.3) is 16.3 Å². The molecule has 1 aliphatic heterocycles. The second kappa shape index (κ2) is 6.72. The lowest BCUT2D eigenvalue weighted by Gasteiger charge is -2.24. The standard InChI is InChI=1S/C19H23N3O3/c1-2-16-14(10-23)15(11-24)19-13-6-4-3-5-12(13)18(21-22(16)19)17-9-20-7-8-25-17/h3-6,17,20,23-24H,2,7-11H2,1H3. The number of aryl methyl sites for hydroxylation is 1.